The average molecular weight is 381 g/mol. The predicted octanol–water partition coefficient (Wildman–Crippen LogP) is 3.15. The van der Waals surface area contributed by atoms with E-state index in [-0.39, 0.29) is 6.10 Å². The van der Waals surface area contributed by atoms with Crippen molar-refractivity contribution in [2.24, 2.45) is 5.10 Å². The number of aromatic amines is 1. The first kappa shape index (κ1) is 19.4. The van der Waals surface area contributed by atoms with Gasteiger partial charge in [0.1, 0.15) is 0 Å². The summed E-state index contributed by atoms with van der Waals surface area (Å²) in [5, 5.41) is 4.47. The molecule has 0 saturated carbocycles. The number of nitrogens with zero attached hydrogens (tertiary/aromatic N) is 2. The Hall–Kier alpha value is -3.35. The molecule has 7 heteroatoms. The van der Waals surface area contributed by atoms with Gasteiger partial charge >= 0.3 is 5.69 Å². The lowest BCUT2D eigenvalue weighted by atomic mass is 10.2. The van der Waals surface area contributed by atoms with Gasteiger partial charge in [0.05, 0.1) is 29.8 Å². The van der Waals surface area contributed by atoms with Gasteiger partial charge in [-0.3, -0.25) is 4.79 Å². The van der Waals surface area contributed by atoms with Crippen LogP contribution in [0.4, 0.5) is 0 Å². The Balaban J connectivity index is 1.96. The van der Waals surface area contributed by atoms with E-state index in [1.54, 1.807) is 42.5 Å². The molecule has 0 radical (unpaired) electrons. The van der Waals surface area contributed by atoms with Crippen LogP contribution in [-0.4, -0.2) is 28.6 Å². The zero-order chi connectivity index (χ0) is 20.1. The lowest BCUT2D eigenvalue weighted by Crippen LogP contribution is -2.32. The molecule has 0 fully saturated rings. The molecule has 0 amide bonds. The maximum atomic E-state index is 12.5. The second kappa shape index (κ2) is 8.56. The number of ether oxygens (including phenoxy) is 2. The molecule has 0 unspecified atom stereocenters. The summed E-state index contributed by atoms with van der Waals surface area (Å²) in [5.74, 6) is 1.24. The van der Waals surface area contributed by atoms with Crippen LogP contribution >= 0.6 is 0 Å². The fourth-order valence-electron chi connectivity index (χ4n) is 2.65. The standard InChI is InChI=1S/C21H23N3O4/c1-4-14(3)28-18-11-10-15(12-19(18)27-5-2)13-22-24-20(25)16-8-6-7-9-17(16)23-21(24)26/h6-14H,4-5H2,1-3H3,(H,23,26)/t14-/m0/s1. The highest BCUT2D eigenvalue weighted by Crippen LogP contribution is 2.29. The maximum absolute atomic E-state index is 12.5. The van der Waals surface area contributed by atoms with Crippen LogP contribution in [0.25, 0.3) is 10.9 Å². The first-order valence-electron chi connectivity index (χ1n) is 9.25. The number of aromatic nitrogens is 2. The zero-order valence-corrected chi connectivity index (χ0v) is 16.1. The number of fused-ring (bicyclic) bond motifs is 1. The van der Waals surface area contributed by atoms with Gasteiger partial charge in [-0.15, -0.1) is 4.68 Å². The van der Waals surface area contributed by atoms with E-state index in [0.717, 1.165) is 11.1 Å². The minimum Gasteiger partial charge on any atom is -0.490 e. The van der Waals surface area contributed by atoms with Crippen LogP contribution in [0.1, 0.15) is 32.8 Å². The number of hydrogen-bond acceptors (Lipinski definition) is 5. The van der Waals surface area contributed by atoms with Crippen molar-refractivity contribution in [2.75, 3.05) is 6.61 Å². The Kier molecular flexibility index (Phi) is 5.93. The third-order valence-corrected chi connectivity index (χ3v) is 4.28. The molecule has 28 heavy (non-hydrogen) atoms. The van der Waals surface area contributed by atoms with Crippen LogP contribution in [0.15, 0.2) is 57.2 Å². The van der Waals surface area contributed by atoms with Crippen molar-refractivity contribution >= 4 is 17.1 Å². The van der Waals surface area contributed by atoms with E-state index >= 15 is 0 Å². The van der Waals surface area contributed by atoms with Gasteiger partial charge in [-0.25, -0.2) is 4.79 Å². The summed E-state index contributed by atoms with van der Waals surface area (Å²) in [7, 11) is 0. The molecule has 3 aromatic rings. The second-order valence-corrected chi connectivity index (χ2v) is 6.31. The van der Waals surface area contributed by atoms with Gasteiger partial charge in [0.25, 0.3) is 5.56 Å². The lowest BCUT2D eigenvalue weighted by molar-refractivity contribution is 0.203. The fraction of sp³-hybridized carbons (Fsp3) is 0.286. The second-order valence-electron chi connectivity index (χ2n) is 6.31. The van der Waals surface area contributed by atoms with E-state index in [0.29, 0.717) is 34.6 Å². The Morgan fingerprint density at radius 1 is 1.14 bits per heavy atom. The molecular formula is C21H23N3O4. The fourth-order valence-corrected chi connectivity index (χ4v) is 2.65. The molecule has 0 saturated heterocycles. The normalized spacial score (nSPS) is 12.4. The third kappa shape index (κ3) is 4.14. The summed E-state index contributed by atoms with van der Waals surface area (Å²) >= 11 is 0. The summed E-state index contributed by atoms with van der Waals surface area (Å²) in [6.45, 7) is 6.41. The molecule has 0 aliphatic rings. The molecule has 0 aliphatic carbocycles. The SMILES string of the molecule is CCOc1cc(C=Nn2c(=O)[nH]c3ccccc3c2=O)ccc1O[C@@H](C)CC. The molecule has 1 aromatic heterocycles. The molecule has 0 bridgehead atoms. The molecule has 2 aromatic carbocycles. The molecule has 0 spiro atoms. The quantitative estimate of drug-likeness (QED) is 0.637. The number of para-hydroxylation sites is 1. The summed E-state index contributed by atoms with van der Waals surface area (Å²) in [4.78, 5) is 27.4. The van der Waals surface area contributed by atoms with E-state index in [1.165, 1.54) is 6.21 Å². The smallest absolute Gasteiger partial charge is 0.349 e. The maximum Gasteiger partial charge on any atom is 0.349 e. The highest BCUT2D eigenvalue weighted by atomic mass is 16.5. The van der Waals surface area contributed by atoms with Gasteiger partial charge in [-0.1, -0.05) is 19.1 Å². The number of rotatable bonds is 7. The molecule has 1 N–H and O–H groups in total. The van der Waals surface area contributed by atoms with Crippen molar-refractivity contribution in [1.29, 1.82) is 0 Å². The molecule has 0 aliphatic heterocycles. The van der Waals surface area contributed by atoms with Gasteiger partial charge in [0.15, 0.2) is 11.5 Å². The first-order chi connectivity index (χ1) is 13.5. The average Bonchev–Trinajstić information content (AvgIpc) is 2.69. The molecule has 3 rings (SSSR count). The minimum atomic E-state index is -0.596. The minimum absolute atomic E-state index is 0.0634. The Labute approximate surface area is 162 Å². The first-order valence-corrected chi connectivity index (χ1v) is 9.25. The third-order valence-electron chi connectivity index (χ3n) is 4.28. The van der Waals surface area contributed by atoms with E-state index in [4.69, 9.17) is 9.47 Å². The number of benzene rings is 2. The number of hydrogen-bond donors (Lipinski definition) is 1. The van der Waals surface area contributed by atoms with Crippen LogP contribution in [0.2, 0.25) is 0 Å². The van der Waals surface area contributed by atoms with Crippen molar-refractivity contribution in [3.05, 3.63) is 68.9 Å². The lowest BCUT2D eigenvalue weighted by Gasteiger charge is -2.16. The molecule has 7 nitrogen and oxygen atoms in total. The van der Waals surface area contributed by atoms with Crippen molar-refractivity contribution in [3.63, 3.8) is 0 Å². The van der Waals surface area contributed by atoms with Gasteiger partial charge in [-0.05, 0) is 56.2 Å². The van der Waals surface area contributed by atoms with E-state index in [9.17, 15) is 9.59 Å². The largest absolute Gasteiger partial charge is 0.490 e. The predicted molar refractivity (Wildman–Crippen MR) is 110 cm³/mol. The van der Waals surface area contributed by atoms with Gasteiger partial charge in [0, 0.05) is 0 Å². The van der Waals surface area contributed by atoms with E-state index < -0.39 is 11.2 Å². The summed E-state index contributed by atoms with van der Waals surface area (Å²) < 4.78 is 12.3. The summed E-state index contributed by atoms with van der Waals surface area (Å²) in [6, 6.07) is 12.2. The highest BCUT2D eigenvalue weighted by Gasteiger charge is 2.10. The van der Waals surface area contributed by atoms with Crippen LogP contribution in [0, 0.1) is 0 Å². The Morgan fingerprint density at radius 3 is 2.68 bits per heavy atom. The van der Waals surface area contributed by atoms with Gasteiger partial charge in [0.2, 0.25) is 0 Å². The van der Waals surface area contributed by atoms with Crippen LogP contribution < -0.4 is 20.7 Å². The Morgan fingerprint density at radius 2 is 1.93 bits per heavy atom. The van der Waals surface area contributed by atoms with Crippen molar-refractivity contribution in [2.45, 2.75) is 33.3 Å². The van der Waals surface area contributed by atoms with Gasteiger partial charge < -0.3 is 14.5 Å². The summed E-state index contributed by atoms with van der Waals surface area (Å²) in [6.07, 6.45) is 2.39. The topological polar surface area (TPSA) is 85.7 Å². The monoisotopic (exact) mass is 381 g/mol. The molecule has 146 valence electrons. The molecular weight excluding hydrogens is 358 g/mol. The molecule has 1 atom stereocenters. The van der Waals surface area contributed by atoms with Crippen LogP contribution in [0.3, 0.4) is 0 Å². The van der Waals surface area contributed by atoms with E-state index in [1.807, 2.05) is 20.8 Å². The van der Waals surface area contributed by atoms with Crippen molar-refractivity contribution in [1.82, 2.24) is 9.66 Å². The van der Waals surface area contributed by atoms with E-state index in [2.05, 4.69) is 10.1 Å². The number of nitrogens with one attached hydrogen (secondary N) is 1. The van der Waals surface area contributed by atoms with Gasteiger partial charge in [-0.2, -0.15) is 5.10 Å². The number of H-pyrrole nitrogens is 1. The Bertz CT molecular complexity index is 1110. The molecule has 1 heterocycles. The highest BCUT2D eigenvalue weighted by molar-refractivity contribution is 5.81. The van der Waals surface area contributed by atoms with Crippen molar-refractivity contribution < 1.29 is 9.47 Å². The zero-order valence-electron chi connectivity index (χ0n) is 16.1. The van der Waals surface area contributed by atoms with Crippen LogP contribution in [-0.2, 0) is 0 Å². The summed E-state index contributed by atoms with van der Waals surface area (Å²) in [5.41, 5.74) is 0.0904. The van der Waals surface area contributed by atoms with Crippen molar-refractivity contribution in [3.8, 4) is 11.5 Å². The van der Waals surface area contributed by atoms with Crippen LogP contribution in [0.5, 0.6) is 11.5 Å².